The van der Waals surface area contributed by atoms with E-state index in [1.807, 2.05) is 6.08 Å². The van der Waals surface area contributed by atoms with E-state index in [0.717, 1.165) is 4.57 Å². The largest absolute Gasteiger partial charge is 0.508 e. The molecule has 2 aliphatic carbocycles. The SMILES string of the molecule is CC1=CC(=O)[C@@H]2C[C@@H]3C(=CCn4c(=O)n(-c5ccccc5)c(=O)n43)[C@H](c3cc(Cl)ccc3O)[C@]2(C)C1=O. The van der Waals surface area contributed by atoms with Crippen molar-refractivity contribution in [3.05, 3.63) is 103 Å². The number of hydrogen-bond donors (Lipinski definition) is 1. The van der Waals surface area contributed by atoms with Crippen LogP contribution in [0.3, 0.4) is 0 Å². The Kier molecular flexibility index (Phi) is 5.11. The van der Waals surface area contributed by atoms with Crippen molar-refractivity contribution in [3.8, 4) is 11.4 Å². The average Bonchev–Trinajstić information content (AvgIpc) is 3.14. The number of aromatic nitrogens is 3. The number of nitrogens with zero attached hydrogens (tertiary/aromatic N) is 3. The Hall–Kier alpha value is -3.91. The number of ketones is 2. The van der Waals surface area contributed by atoms with Gasteiger partial charge in [0.15, 0.2) is 11.6 Å². The maximum Gasteiger partial charge on any atom is 0.352 e. The second kappa shape index (κ2) is 8.05. The molecule has 8 nitrogen and oxygen atoms in total. The number of Topliss-reactive ketones (excluding diaryl/α,β-unsaturated/α-hetero) is 1. The zero-order chi connectivity index (χ0) is 26.2. The van der Waals surface area contributed by atoms with Crippen LogP contribution < -0.4 is 11.4 Å². The molecule has 0 saturated heterocycles. The number of hydrogen-bond acceptors (Lipinski definition) is 5. The number of aromatic hydroxyl groups is 1. The minimum Gasteiger partial charge on any atom is -0.508 e. The van der Waals surface area contributed by atoms with E-state index < -0.39 is 34.7 Å². The first kappa shape index (κ1) is 23.5. The summed E-state index contributed by atoms with van der Waals surface area (Å²) in [5.74, 6) is -1.94. The molecule has 0 unspecified atom stereocenters. The molecule has 0 radical (unpaired) electrons. The minimum atomic E-state index is -1.20. The predicted molar refractivity (Wildman–Crippen MR) is 137 cm³/mol. The van der Waals surface area contributed by atoms with E-state index >= 15 is 0 Å². The standard InChI is InChI=1S/C28H24ClN3O5/c1-15-12-23(34)20-14-21-18(24(28(20,2)25(15)35)19-13-16(29)8-9-22(19)33)10-11-30-26(36)31(27(37)32(21)30)17-6-4-3-5-7-17/h3-10,12-13,20-21,24,33H,11,14H2,1-2H3/t20-,21+,24+,28+/m0/s1. The van der Waals surface area contributed by atoms with Crippen molar-refractivity contribution in [2.75, 3.05) is 0 Å². The topological polar surface area (TPSA) is 103 Å². The molecule has 1 aliphatic heterocycles. The normalized spacial score (nSPS) is 26.6. The van der Waals surface area contributed by atoms with Crippen molar-refractivity contribution in [2.45, 2.75) is 38.8 Å². The van der Waals surface area contributed by atoms with E-state index in [9.17, 15) is 24.3 Å². The Bertz CT molecular complexity index is 1680. The molecule has 3 aromatic rings. The summed E-state index contributed by atoms with van der Waals surface area (Å²) in [6, 6.07) is 12.6. The summed E-state index contributed by atoms with van der Waals surface area (Å²) in [6.45, 7) is 3.49. The third-order valence-corrected chi connectivity index (χ3v) is 8.45. The van der Waals surface area contributed by atoms with Gasteiger partial charge < -0.3 is 5.11 Å². The predicted octanol–water partition coefficient (Wildman–Crippen LogP) is 3.55. The molecule has 1 fully saturated rings. The first-order chi connectivity index (χ1) is 17.6. The summed E-state index contributed by atoms with van der Waals surface area (Å²) in [5.41, 5.74) is -0.281. The summed E-state index contributed by atoms with van der Waals surface area (Å²) in [5, 5.41) is 11.3. The Morgan fingerprint density at radius 2 is 1.76 bits per heavy atom. The molecule has 1 N–H and O–H groups in total. The minimum absolute atomic E-state index is 0.0550. The Balaban J connectivity index is 1.62. The summed E-state index contributed by atoms with van der Waals surface area (Å²) < 4.78 is 3.90. The van der Waals surface area contributed by atoms with Crippen LogP contribution in [0.4, 0.5) is 0 Å². The molecule has 2 aromatic carbocycles. The number of allylic oxidation sites excluding steroid dienone is 4. The highest BCUT2D eigenvalue weighted by atomic mass is 35.5. The van der Waals surface area contributed by atoms with Gasteiger partial charge in [0.1, 0.15) is 5.75 Å². The van der Waals surface area contributed by atoms with E-state index in [1.54, 1.807) is 56.3 Å². The van der Waals surface area contributed by atoms with Crippen LogP contribution in [0.15, 0.2) is 81.4 Å². The van der Waals surface area contributed by atoms with Crippen LogP contribution in [-0.2, 0) is 16.1 Å². The molecule has 4 atom stereocenters. The molecular formula is C28H24ClN3O5. The second-order valence-electron chi connectivity index (χ2n) is 10.1. The monoisotopic (exact) mass is 517 g/mol. The number of carbonyl (C=O) groups excluding carboxylic acids is 2. The van der Waals surface area contributed by atoms with Crippen molar-refractivity contribution in [1.29, 1.82) is 0 Å². The van der Waals surface area contributed by atoms with Crippen LogP contribution in [0.5, 0.6) is 5.75 Å². The molecular weight excluding hydrogens is 494 g/mol. The fourth-order valence-corrected chi connectivity index (χ4v) is 6.74. The van der Waals surface area contributed by atoms with Gasteiger partial charge in [-0.25, -0.2) is 23.5 Å². The number of fused-ring (bicyclic) bond motifs is 4. The molecule has 2 heterocycles. The van der Waals surface area contributed by atoms with Gasteiger partial charge in [-0.2, -0.15) is 0 Å². The van der Waals surface area contributed by atoms with Crippen molar-refractivity contribution >= 4 is 23.2 Å². The molecule has 188 valence electrons. The molecule has 3 aliphatic rings. The highest BCUT2D eigenvalue weighted by Crippen LogP contribution is 2.60. The molecule has 1 saturated carbocycles. The van der Waals surface area contributed by atoms with Crippen molar-refractivity contribution in [2.24, 2.45) is 11.3 Å². The van der Waals surface area contributed by atoms with Crippen LogP contribution in [0.25, 0.3) is 5.69 Å². The van der Waals surface area contributed by atoms with Crippen LogP contribution in [0.2, 0.25) is 5.02 Å². The van der Waals surface area contributed by atoms with E-state index in [4.69, 9.17) is 11.6 Å². The molecule has 1 aromatic heterocycles. The number of benzene rings is 2. The summed E-state index contributed by atoms with van der Waals surface area (Å²) in [6.07, 6.45) is 3.39. The third-order valence-electron chi connectivity index (χ3n) is 8.22. The highest BCUT2D eigenvalue weighted by Gasteiger charge is 2.60. The van der Waals surface area contributed by atoms with Gasteiger partial charge in [0.05, 0.1) is 23.7 Å². The Morgan fingerprint density at radius 1 is 1.03 bits per heavy atom. The average molecular weight is 518 g/mol. The van der Waals surface area contributed by atoms with Crippen molar-refractivity contribution in [1.82, 2.24) is 13.9 Å². The van der Waals surface area contributed by atoms with Crippen LogP contribution in [-0.4, -0.2) is 30.6 Å². The van der Waals surface area contributed by atoms with Crippen molar-refractivity contribution < 1.29 is 14.7 Å². The quantitative estimate of drug-likeness (QED) is 0.524. The molecule has 6 rings (SSSR count). The maximum atomic E-state index is 13.7. The maximum absolute atomic E-state index is 13.7. The molecule has 0 amide bonds. The van der Waals surface area contributed by atoms with Gasteiger partial charge in [0.2, 0.25) is 0 Å². The first-order valence-corrected chi connectivity index (χ1v) is 12.5. The van der Waals surface area contributed by atoms with E-state index in [-0.39, 0.29) is 30.3 Å². The lowest BCUT2D eigenvalue weighted by Crippen LogP contribution is -2.54. The second-order valence-corrected chi connectivity index (χ2v) is 10.6. The van der Waals surface area contributed by atoms with Crippen LogP contribution >= 0.6 is 11.6 Å². The summed E-state index contributed by atoms with van der Waals surface area (Å²) in [4.78, 5) is 54.2. The number of phenolic OH excluding ortho intramolecular Hbond substituents is 1. The summed E-state index contributed by atoms with van der Waals surface area (Å²) >= 11 is 6.33. The first-order valence-electron chi connectivity index (χ1n) is 12.1. The number of phenols is 1. The van der Waals surface area contributed by atoms with E-state index in [0.29, 0.717) is 27.4 Å². The van der Waals surface area contributed by atoms with Gasteiger partial charge in [-0.1, -0.05) is 42.8 Å². The van der Waals surface area contributed by atoms with Crippen molar-refractivity contribution in [3.63, 3.8) is 0 Å². The number of halogens is 1. The van der Waals surface area contributed by atoms with Gasteiger partial charge in [-0.15, -0.1) is 0 Å². The summed E-state index contributed by atoms with van der Waals surface area (Å²) in [7, 11) is 0. The Morgan fingerprint density at radius 3 is 2.49 bits per heavy atom. The number of carbonyl (C=O) groups is 2. The fraction of sp³-hybridized carbons (Fsp3) is 0.286. The fourth-order valence-electron chi connectivity index (χ4n) is 6.56. The van der Waals surface area contributed by atoms with Gasteiger partial charge in [-0.3, -0.25) is 9.59 Å². The molecule has 0 bridgehead atoms. The number of para-hydroxylation sites is 1. The lowest BCUT2D eigenvalue weighted by atomic mass is 9.51. The smallest absolute Gasteiger partial charge is 0.352 e. The lowest BCUT2D eigenvalue weighted by molar-refractivity contribution is -0.139. The van der Waals surface area contributed by atoms with Crippen LogP contribution in [0.1, 0.15) is 37.8 Å². The van der Waals surface area contributed by atoms with Gasteiger partial charge >= 0.3 is 11.4 Å². The zero-order valence-corrected chi connectivity index (χ0v) is 21.0. The molecule has 37 heavy (non-hydrogen) atoms. The molecule has 0 spiro atoms. The highest BCUT2D eigenvalue weighted by molar-refractivity contribution is 6.30. The van der Waals surface area contributed by atoms with E-state index in [1.165, 1.54) is 21.5 Å². The number of rotatable bonds is 2. The Labute approximate surface area is 216 Å². The zero-order valence-electron chi connectivity index (χ0n) is 20.2. The lowest BCUT2D eigenvalue weighted by Gasteiger charge is -2.52. The third kappa shape index (κ3) is 3.15. The molecule has 9 heteroatoms. The van der Waals surface area contributed by atoms with Gasteiger partial charge in [-0.05, 0) is 60.9 Å². The van der Waals surface area contributed by atoms with Gasteiger partial charge in [0.25, 0.3) is 0 Å². The van der Waals surface area contributed by atoms with E-state index in [2.05, 4.69) is 0 Å². The van der Waals surface area contributed by atoms with Crippen LogP contribution in [0, 0.1) is 11.3 Å². The van der Waals surface area contributed by atoms with Gasteiger partial charge in [0, 0.05) is 22.4 Å².